The van der Waals surface area contributed by atoms with Crippen LogP contribution in [0.2, 0.25) is 5.02 Å². The van der Waals surface area contributed by atoms with E-state index >= 15 is 0 Å². The van der Waals surface area contributed by atoms with Crippen molar-refractivity contribution in [2.45, 2.75) is 0 Å². The average Bonchev–Trinajstić information content (AvgIpc) is 3.01. The highest BCUT2D eigenvalue weighted by Gasteiger charge is 2.15. The molecule has 188 valence electrons. The lowest BCUT2D eigenvalue weighted by Crippen LogP contribution is -2.12. The number of anilines is 6. The molecule has 0 unspecified atom stereocenters. The van der Waals surface area contributed by atoms with E-state index in [0.717, 1.165) is 50.3 Å². The molecule has 0 N–H and O–H groups in total. The normalized spacial score (nSPS) is 10.7. The van der Waals surface area contributed by atoms with Gasteiger partial charge >= 0.3 is 0 Å². The SMILES string of the molecule is Clc1ccc(-c2ccc(N(c3ccccc3)c3ccc(N(c4ccccc4)c4ccccc4)cc3)cc2)cc1. The summed E-state index contributed by atoms with van der Waals surface area (Å²) in [5.41, 5.74) is 8.92. The zero-order chi connectivity index (χ0) is 26.4. The van der Waals surface area contributed by atoms with Crippen LogP contribution in [0, 0.1) is 0 Å². The molecule has 39 heavy (non-hydrogen) atoms. The van der Waals surface area contributed by atoms with E-state index in [-0.39, 0.29) is 0 Å². The lowest BCUT2D eigenvalue weighted by Gasteiger charge is -2.28. The van der Waals surface area contributed by atoms with Crippen molar-refractivity contribution >= 4 is 45.7 Å². The Bertz CT molecular complexity index is 1580. The van der Waals surface area contributed by atoms with E-state index in [1.165, 1.54) is 0 Å². The minimum atomic E-state index is 0.743. The smallest absolute Gasteiger partial charge is 0.0463 e. The Morgan fingerprint density at radius 1 is 0.282 bits per heavy atom. The molecule has 6 aromatic rings. The Morgan fingerprint density at radius 3 is 0.872 bits per heavy atom. The average molecular weight is 523 g/mol. The summed E-state index contributed by atoms with van der Waals surface area (Å²) in [7, 11) is 0. The van der Waals surface area contributed by atoms with Gasteiger partial charge in [-0.3, -0.25) is 0 Å². The third-order valence-corrected chi connectivity index (χ3v) is 6.96. The van der Waals surface area contributed by atoms with Gasteiger partial charge in [-0.2, -0.15) is 0 Å². The lowest BCUT2D eigenvalue weighted by atomic mass is 10.0. The molecule has 0 aromatic heterocycles. The minimum absolute atomic E-state index is 0.743. The maximum absolute atomic E-state index is 6.09. The van der Waals surface area contributed by atoms with E-state index in [4.69, 9.17) is 11.6 Å². The molecule has 0 fully saturated rings. The van der Waals surface area contributed by atoms with Crippen molar-refractivity contribution in [3.63, 3.8) is 0 Å². The molecule has 0 spiro atoms. The summed E-state index contributed by atoms with van der Waals surface area (Å²) in [4.78, 5) is 4.56. The first-order chi connectivity index (χ1) is 19.3. The molecule has 0 aliphatic carbocycles. The zero-order valence-electron chi connectivity index (χ0n) is 21.4. The monoisotopic (exact) mass is 522 g/mol. The van der Waals surface area contributed by atoms with Gasteiger partial charge < -0.3 is 9.80 Å². The second-order valence-corrected chi connectivity index (χ2v) is 9.68. The van der Waals surface area contributed by atoms with E-state index in [2.05, 4.69) is 143 Å². The van der Waals surface area contributed by atoms with Crippen molar-refractivity contribution in [2.75, 3.05) is 9.80 Å². The molecular weight excluding hydrogens is 496 g/mol. The first-order valence-electron chi connectivity index (χ1n) is 13.0. The minimum Gasteiger partial charge on any atom is -0.311 e. The van der Waals surface area contributed by atoms with Crippen molar-refractivity contribution in [1.82, 2.24) is 0 Å². The molecule has 3 heteroatoms. The topological polar surface area (TPSA) is 6.48 Å². The fraction of sp³-hybridized carbons (Fsp3) is 0. The molecule has 0 aliphatic rings. The quantitative estimate of drug-likeness (QED) is 0.206. The number of hydrogen-bond acceptors (Lipinski definition) is 2. The predicted octanol–water partition coefficient (Wildman–Crippen LogP) is 10.9. The molecule has 0 saturated heterocycles. The molecule has 2 nitrogen and oxygen atoms in total. The van der Waals surface area contributed by atoms with Gasteiger partial charge in [0.05, 0.1) is 0 Å². The highest BCUT2D eigenvalue weighted by Crippen LogP contribution is 2.39. The van der Waals surface area contributed by atoms with Gasteiger partial charge in [-0.25, -0.2) is 0 Å². The number of benzene rings is 6. The summed E-state index contributed by atoms with van der Waals surface area (Å²) in [5.74, 6) is 0. The third-order valence-electron chi connectivity index (χ3n) is 6.71. The fourth-order valence-corrected chi connectivity index (χ4v) is 4.95. The Morgan fingerprint density at radius 2 is 0.538 bits per heavy atom. The van der Waals surface area contributed by atoms with Gasteiger partial charge in [-0.05, 0) is 96.1 Å². The van der Waals surface area contributed by atoms with E-state index in [9.17, 15) is 0 Å². The number of para-hydroxylation sites is 3. The van der Waals surface area contributed by atoms with Gasteiger partial charge in [0.25, 0.3) is 0 Å². The maximum atomic E-state index is 6.09. The standard InChI is InChI=1S/C36H27ClN2/c37-30-20-16-28(17-21-30)29-18-22-34(23-19-29)39(33-14-8-3-9-15-33)36-26-24-35(25-27-36)38(31-10-4-1-5-11-31)32-12-6-2-7-13-32/h1-27H. The van der Waals surface area contributed by atoms with Crippen LogP contribution < -0.4 is 9.80 Å². The van der Waals surface area contributed by atoms with E-state index < -0.39 is 0 Å². The first-order valence-corrected chi connectivity index (χ1v) is 13.4. The highest BCUT2D eigenvalue weighted by atomic mass is 35.5. The van der Waals surface area contributed by atoms with Crippen LogP contribution in [0.1, 0.15) is 0 Å². The Balaban J connectivity index is 1.37. The second kappa shape index (κ2) is 11.3. The Kier molecular flexibility index (Phi) is 7.11. The van der Waals surface area contributed by atoms with Gasteiger partial charge in [0.15, 0.2) is 0 Å². The van der Waals surface area contributed by atoms with Crippen LogP contribution in [-0.2, 0) is 0 Å². The number of halogens is 1. The van der Waals surface area contributed by atoms with Crippen LogP contribution in [0.15, 0.2) is 164 Å². The van der Waals surface area contributed by atoms with Gasteiger partial charge in [0, 0.05) is 39.1 Å². The van der Waals surface area contributed by atoms with E-state index in [1.807, 2.05) is 30.3 Å². The molecular formula is C36H27ClN2. The summed E-state index contributed by atoms with van der Waals surface area (Å²) in [6.45, 7) is 0. The molecule has 0 aliphatic heterocycles. The Labute approximate surface area is 235 Å². The first kappa shape index (κ1) is 24.5. The van der Waals surface area contributed by atoms with E-state index in [1.54, 1.807) is 0 Å². The number of nitrogens with zero attached hydrogens (tertiary/aromatic N) is 2. The highest BCUT2D eigenvalue weighted by molar-refractivity contribution is 6.30. The molecule has 0 saturated carbocycles. The molecule has 6 rings (SSSR count). The fourth-order valence-electron chi connectivity index (χ4n) is 4.82. The van der Waals surface area contributed by atoms with Gasteiger partial charge in [0.2, 0.25) is 0 Å². The van der Waals surface area contributed by atoms with E-state index in [0.29, 0.717) is 0 Å². The predicted molar refractivity (Wildman–Crippen MR) is 166 cm³/mol. The third kappa shape index (κ3) is 5.43. The second-order valence-electron chi connectivity index (χ2n) is 9.25. The van der Waals surface area contributed by atoms with Crippen LogP contribution in [-0.4, -0.2) is 0 Å². The van der Waals surface area contributed by atoms with Crippen LogP contribution in [0.3, 0.4) is 0 Å². The summed E-state index contributed by atoms with van der Waals surface area (Å²) >= 11 is 6.09. The van der Waals surface area contributed by atoms with Gasteiger partial charge in [-0.1, -0.05) is 90.5 Å². The van der Waals surface area contributed by atoms with Crippen LogP contribution in [0.5, 0.6) is 0 Å². The Hall–Kier alpha value is -4.79. The summed E-state index contributed by atoms with van der Waals surface area (Å²) in [5, 5.41) is 0.743. The zero-order valence-corrected chi connectivity index (χ0v) is 22.1. The number of hydrogen-bond donors (Lipinski definition) is 0. The molecule has 0 bridgehead atoms. The van der Waals surface area contributed by atoms with Crippen LogP contribution >= 0.6 is 11.6 Å². The maximum Gasteiger partial charge on any atom is 0.0463 e. The summed E-state index contributed by atoms with van der Waals surface area (Å²) in [6, 6.07) is 56.8. The molecule has 0 heterocycles. The van der Waals surface area contributed by atoms with Gasteiger partial charge in [0.1, 0.15) is 0 Å². The lowest BCUT2D eigenvalue weighted by molar-refractivity contribution is 1.26. The van der Waals surface area contributed by atoms with Crippen molar-refractivity contribution in [3.05, 3.63) is 169 Å². The van der Waals surface area contributed by atoms with Crippen LogP contribution in [0.4, 0.5) is 34.1 Å². The van der Waals surface area contributed by atoms with Crippen molar-refractivity contribution < 1.29 is 0 Å². The van der Waals surface area contributed by atoms with Crippen LogP contribution in [0.25, 0.3) is 11.1 Å². The number of rotatable bonds is 7. The molecule has 0 amide bonds. The van der Waals surface area contributed by atoms with Crippen molar-refractivity contribution in [1.29, 1.82) is 0 Å². The largest absolute Gasteiger partial charge is 0.311 e. The van der Waals surface area contributed by atoms with Gasteiger partial charge in [-0.15, -0.1) is 0 Å². The summed E-state index contributed by atoms with van der Waals surface area (Å²) < 4.78 is 0. The molecule has 0 radical (unpaired) electrons. The molecule has 0 atom stereocenters. The molecule has 6 aromatic carbocycles. The van der Waals surface area contributed by atoms with Crippen molar-refractivity contribution in [2.24, 2.45) is 0 Å². The summed E-state index contributed by atoms with van der Waals surface area (Å²) in [6.07, 6.45) is 0. The van der Waals surface area contributed by atoms with Crippen molar-refractivity contribution in [3.8, 4) is 11.1 Å².